The van der Waals surface area contributed by atoms with E-state index >= 15 is 0 Å². The van der Waals surface area contributed by atoms with Crippen LogP contribution in [0.25, 0.3) is 49.4 Å². The Labute approximate surface area is 263 Å². The molecule has 0 unspecified atom stereocenters. The molecule has 8 aromatic rings. The van der Waals surface area contributed by atoms with E-state index in [1.54, 1.807) is 0 Å². The number of nitrogens with zero attached hydrogens (tertiary/aromatic N) is 2. The molecule has 0 saturated carbocycles. The van der Waals surface area contributed by atoms with Crippen LogP contribution in [0, 0.1) is 0 Å². The Bertz CT molecular complexity index is 2360. The normalized spacial score (nSPS) is 13.3. The van der Waals surface area contributed by atoms with Crippen molar-refractivity contribution in [1.82, 2.24) is 4.57 Å². The fourth-order valence-corrected chi connectivity index (χ4v) is 7.63. The first kappa shape index (κ1) is 25.9. The Kier molecular flexibility index (Phi) is 5.58. The third-order valence-corrected chi connectivity index (χ3v) is 9.75. The zero-order chi connectivity index (χ0) is 30.1. The summed E-state index contributed by atoms with van der Waals surface area (Å²) in [5.41, 5.74) is 12.5. The van der Waals surface area contributed by atoms with Gasteiger partial charge in [0.05, 0.1) is 11.0 Å². The highest BCUT2D eigenvalue weighted by Crippen LogP contribution is 2.51. The fourth-order valence-electron chi connectivity index (χ4n) is 7.63. The van der Waals surface area contributed by atoms with E-state index in [-0.39, 0.29) is 5.41 Å². The summed E-state index contributed by atoms with van der Waals surface area (Å²) >= 11 is 0. The first-order chi connectivity index (χ1) is 22.1. The molecule has 1 heterocycles. The van der Waals surface area contributed by atoms with Crippen LogP contribution in [0.5, 0.6) is 0 Å². The van der Waals surface area contributed by atoms with Crippen molar-refractivity contribution in [3.05, 3.63) is 169 Å². The lowest BCUT2D eigenvalue weighted by molar-refractivity contribution is 0.661. The lowest BCUT2D eigenvalue weighted by Gasteiger charge is -2.25. The topological polar surface area (TPSA) is 8.17 Å². The van der Waals surface area contributed by atoms with E-state index in [1.807, 2.05) is 0 Å². The third kappa shape index (κ3) is 3.82. The predicted molar refractivity (Wildman–Crippen MR) is 191 cm³/mol. The van der Waals surface area contributed by atoms with Crippen molar-refractivity contribution in [3.63, 3.8) is 0 Å². The Hall–Kier alpha value is -5.60. The number of aromatic nitrogens is 1. The van der Waals surface area contributed by atoms with Crippen LogP contribution in [-0.2, 0) is 5.41 Å². The molecule has 45 heavy (non-hydrogen) atoms. The minimum atomic E-state index is -0.0315. The second-order valence-electron chi connectivity index (χ2n) is 12.6. The van der Waals surface area contributed by atoms with Crippen LogP contribution in [0.3, 0.4) is 0 Å². The van der Waals surface area contributed by atoms with Gasteiger partial charge in [-0.15, -0.1) is 0 Å². The van der Waals surface area contributed by atoms with Gasteiger partial charge in [0.25, 0.3) is 0 Å². The van der Waals surface area contributed by atoms with Crippen molar-refractivity contribution < 1.29 is 0 Å². The molecule has 1 aromatic heterocycles. The lowest BCUT2D eigenvalue weighted by atomic mass is 9.82. The number of anilines is 3. The Morgan fingerprint density at radius 1 is 0.467 bits per heavy atom. The number of fused-ring (bicyclic) bond motifs is 8. The van der Waals surface area contributed by atoms with Crippen LogP contribution >= 0.6 is 0 Å². The number of hydrogen-bond acceptors (Lipinski definition) is 1. The monoisotopic (exact) mass is 576 g/mol. The summed E-state index contributed by atoms with van der Waals surface area (Å²) in [5.74, 6) is 0. The summed E-state index contributed by atoms with van der Waals surface area (Å²) in [7, 11) is 0. The van der Waals surface area contributed by atoms with Crippen LogP contribution < -0.4 is 4.90 Å². The highest BCUT2D eigenvalue weighted by atomic mass is 15.1. The third-order valence-electron chi connectivity index (χ3n) is 9.75. The molecule has 0 bridgehead atoms. The molecule has 0 atom stereocenters. The molecular weight excluding hydrogens is 544 g/mol. The molecule has 0 saturated heterocycles. The SMILES string of the molecule is CC1(C)c2ccccc2-c2c1ccc1ccc(-n3c4ccccc4c4ccc(N(c5ccccc5)c5ccccc5)cc43)cc21. The van der Waals surface area contributed by atoms with Crippen LogP contribution in [0.15, 0.2) is 158 Å². The van der Waals surface area contributed by atoms with Gasteiger partial charge in [-0.05, 0) is 87.6 Å². The van der Waals surface area contributed by atoms with Crippen LogP contribution in [0.2, 0.25) is 0 Å². The number of benzene rings is 7. The Balaban J connectivity index is 1.32. The van der Waals surface area contributed by atoms with E-state index in [0.29, 0.717) is 0 Å². The molecule has 0 amide bonds. The van der Waals surface area contributed by atoms with Crippen molar-refractivity contribution in [2.45, 2.75) is 19.3 Å². The summed E-state index contributed by atoms with van der Waals surface area (Å²) in [6, 6.07) is 57.5. The molecule has 2 nitrogen and oxygen atoms in total. The van der Waals surface area contributed by atoms with Gasteiger partial charge in [0.15, 0.2) is 0 Å². The summed E-state index contributed by atoms with van der Waals surface area (Å²) in [6.07, 6.45) is 0. The molecule has 1 aliphatic carbocycles. The average Bonchev–Trinajstić information content (AvgIpc) is 3.54. The first-order valence-electron chi connectivity index (χ1n) is 15.7. The molecule has 2 heteroatoms. The van der Waals surface area contributed by atoms with Crippen molar-refractivity contribution >= 4 is 49.6 Å². The Morgan fingerprint density at radius 3 is 1.89 bits per heavy atom. The smallest absolute Gasteiger partial charge is 0.0561 e. The van der Waals surface area contributed by atoms with E-state index < -0.39 is 0 Å². The van der Waals surface area contributed by atoms with Crippen molar-refractivity contribution in [3.8, 4) is 16.8 Å². The van der Waals surface area contributed by atoms with E-state index in [1.165, 1.54) is 60.5 Å². The van der Waals surface area contributed by atoms with E-state index in [0.717, 1.165) is 17.1 Å². The van der Waals surface area contributed by atoms with Gasteiger partial charge >= 0.3 is 0 Å². The second kappa shape index (κ2) is 9.70. The van der Waals surface area contributed by atoms with Crippen LogP contribution in [0.1, 0.15) is 25.0 Å². The molecule has 9 rings (SSSR count). The lowest BCUT2D eigenvalue weighted by Crippen LogP contribution is -2.14. The van der Waals surface area contributed by atoms with E-state index in [4.69, 9.17) is 0 Å². The highest BCUT2D eigenvalue weighted by Gasteiger charge is 2.36. The van der Waals surface area contributed by atoms with Gasteiger partial charge in [-0.1, -0.05) is 117 Å². The van der Waals surface area contributed by atoms with Gasteiger partial charge in [-0.3, -0.25) is 0 Å². The fraction of sp³-hybridized carbons (Fsp3) is 0.0698. The molecule has 1 aliphatic rings. The van der Waals surface area contributed by atoms with Gasteiger partial charge in [0.2, 0.25) is 0 Å². The van der Waals surface area contributed by atoms with Crippen molar-refractivity contribution in [2.24, 2.45) is 0 Å². The highest BCUT2D eigenvalue weighted by molar-refractivity contribution is 6.11. The molecule has 214 valence electrons. The summed E-state index contributed by atoms with van der Waals surface area (Å²) in [6.45, 7) is 4.71. The minimum absolute atomic E-state index is 0.0315. The van der Waals surface area contributed by atoms with Gasteiger partial charge in [0, 0.05) is 38.9 Å². The second-order valence-corrected chi connectivity index (χ2v) is 12.6. The molecule has 0 N–H and O–H groups in total. The number of rotatable bonds is 4. The number of para-hydroxylation sites is 3. The molecule has 0 aliphatic heterocycles. The summed E-state index contributed by atoms with van der Waals surface area (Å²) in [4.78, 5) is 2.34. The molecule has 0 radical (unpaired) electrons. The maximum absolute atomic E-state index is 2.45. The molecule has 0 fully saturated rings. The van der Waals surface area contributed by atoms with Crippen LogP contribution in [-0.4, -0.2) is 4.57 Å². The minimum Gasteiger partial charge on any atom is -0.310 e. The van der Waals surface area contributed by atoms with Crippen LogP contribution in [0.4, 0.5) is 17.1 Å². The molecular formula is C43H32N2. The Morgan fingerprint density at radius 2 is 1.11 bits per heavy atom. The standard InChI is InChI=1S/C43H32N2/c1-43(2)38-19-11-9-18-36(38)42-37-27-32(23-21-29(37)22-26-39(42)43)45-40-20-12-10-17-34(40)35-25-24-33(28-41(35)45)44(30-13-5-3-6-14-30)31-15-7-4-8-16-31/h3-28H,1-2H3. The van der Waals surface area contributed by atoms with Gasteiger partial charge in [0.1, 0.15) is 0 Å². The van der Waals surface area contributed by atoms with E-state index in [9.17, 15) is 0 Å². The van der Waals surface area contributed by atoms with Gasteiger partial charge in [-0.25, -0.2) is 0 Å². The largest absolute Gasteiger partial charge is 0.310 e. The number of hydrogen-bond donors (Lipinski definition) is 0. The van der Waals surface area contributed by atoms with Gasteiger partial charge in [-0.2, -0.15) is 0 Å². The first-order valence-corrected chi connectivity index (χ1v) is 15.7. The maximum Gasteiger partial charge on any atom is 0.0561 e. The maximum atomic E-state index is 2.45. The zero-order valence-corrected chi connectivity index (χ0v) is 25.4. The summed E-state index contributed by atoms with van der Waals surface area (Å²) in [5, 5.41) is 5.08. The molecule has 7 aromatic carbocycles. The quantitative estimate of drug-likeness (QED) is 0.202. The summed E-state index contributed by atoms with van der Waals surface area (Å²) < 4.78 is 2.45. The zero-order valence-electron chi connectivity index (χ0n) is 25.4. The molecule has 0 spiro atoms. The van der Waals surface area contributed by atoms with E-state index in [2.05, 4.69) is 181 Å². The predicted octanol–water partition coefficient (Wildman–Crippen LogP) is 11.7. The van der Waals surface area contributed by atoms with Crippen molar-refractivity contribution in [1.29, 1.82) is 0 Å². The average molecular weight is 577 g/mol. The van der Waals surface area contributed by atoms with Crippen molar-refractivity contribution in [2.75, 3.05) is 4.90 Å². The van der Waals surface area contributed by atoms with Gasteiger partial charge < -0.3 is 9.47 Å².